The predicted octanol–water partition coefficient (Wildman–Crippen LogP) is 2.67. The number of sulfonamides is 1. The largest absolute Gasteiger partial charge is 0.327 e. The number of rotatable bonds is 3. The van der Waals surface area contributed by atoms with Crippen LogP contribution in [0.3, 0.4) is 0 Å². The van der Waals surface area contributed by atoms with E-state index in [0.29, 0.717) is 28.7 Å². The standard InChI is InChI=1S/C12H16Cl2N2O2S.ClH/c13-11-4-3-9(6-12(11)14)8-19(17,18)16-5-1-2-10(15)7-16;/h3-4,6,10H,1-2,5,7-8,15H2;1H. The zero-order valence-corrected chi connectivity index (χ0v) is 13.9. The second kappa shape index (κ2) is 7.29. The first-order valence-corrected chi connectivity index (χ1v) is 8.42. The smallest absolute Gasteiger partial charge is 0.218 e. The van der Waals surface area contributed by atoms with Crippen LogP contribution in [0.1, 0.15) is 18.4 Å². The average Bonchev–Trinajstić information content (AvgIpc) is 2.33. The Kier molecular flexibility index (Phi) is 6.57. The first-order valence-electron chi connectivity index (χ1n) is 6.06. The second-order valence-electron chi connectivity index (χ2n) is 4.77. The fourth-order valence-corrected chi connectivity index (χ4v) is 4.09. The van der Waals surface area contributed by atoms with Gasteiger partial charge in [0.15, 0.2) is 0 Å². The molecule has 2 N–H and O–H groups in total. The van der Waals surface area contributed by atoms with E-state index in [1.165, 1.54) is 4.31 Å². The summed E-state index contributed by atoms with van der Waals surface area (Å²) in [6, 6.07) is 4.80. The molecule has 4 nitrogen and oxygen atoms in total. The number of halogens is 3. The van der Waals surface area contributed by atoms with Gasteiger partial charge in [0.25, 0.3) is 0 Å². The molecule has 1 aliphatic heterocycles. The normalized spacial score (nSPS) is 20.4. The van der Waals surface area contributed by atoms with Gasteiger partial charge in [-0.05, 0) is 30.5 Å². The fraction of sp³-hybridized carbons (Fsp3) is 0.500. The SMILES string of the molecule is Cl.NC1CCCN(S(=O)(=O)Cc2ccc(Cl)c(Cl)c2)C1. The molecule has 0 spiro atoms. The Labute approximate surface area is 135 Å². The van der Waals surface area contributed by atoms with Crippen LogP contribution >= 0.6 is 35.6 Å². The van der Waals surface area contributed by atoms with Gasteiger partial charge in [0.1, 0.15) is 0 Å². The minimum absolute atomic E-state index is 0. The maximum absolute atomic E-state index is 12.3. The highest BCUT2D eigenvalue weighted by molar-refractivity contribution is 7.88. The summed E-state index contributed by atoms with van der Waals surface area (Å²) < 4.78 is 26.0. The fourth-order valence-electron chi connectivity index (χ4n) is 2.16. The molecule has 0 radical (unpaired) electrons. The molecule has 1 saturated heterocycles. The van der Waals surface area contributed by atoms with Crippen molar-refractivity contribution in [2.75, 3.05) is 13.1 Å². The van der Waals surface area contributed by atoms with Gasteiger partial charge in [0, 0.05) is 19.1 Å². The van der Waals surface area contributed by atoms with E-state index in [1.807, 2.05) is 0 Å². The lowest BCUT2D eigenvalue weighted by Crippen LogP contribution is -2.46. The number of piperidine rings is 1. The monoisotopic (exact) mass is 358 g/mol. The molecule has 0 saturated carbocycles. The van der Waals surface area contributed by atoms with E-state index in [-0.39, 0.29) is 24.2 Å². The predicted molar refractivity (Wildman–Crippen MR) is 85.1 cm³/mol. The minimum atomic E-state index is -3.35. The Hall–Kier alpha value is -0.0400. The maximum Gasteiger partial charge on any atom is 0.218 e. The van der Waals surface area contributed by atoms with Crippen LogP contribution in [0.5, 0.6) is 0 Å². The van der Waals surface area contributed by atoms with E-state index in [9.17, 15) is 8.42 Å². The summed E-state index contributed by atoms with van der Waals surface area (Å²) in [4.78, 5) is 0. The van der Waals surface area contributed by atoms with Crippen LogP contribution in [0, 0.1) is 0 Å². The second-order valence-corrected chi connectivity index (χ2v) is 7.55. The minimum Gasteiger partial charge on any atom is -0.327 e. The van der Waals surface area contributed by atoms with Gasteiger partial charge in [-0.25, -0.2) is 12.7 Å². The van der Waals surface area contributed by atoms with Crippen molar-refractivity contribution in [3.05, 3.63) is 33.8 Å². The van der Waals surface area contributed by atoms with E-state index >= 15 is 0 Å². The van der Waals surface area contributed by atoms with Crippen LogP contribution in [-0.4, -0.2) is 31.9 Å². The van der Waals surface area contributed by atoms with E-state index in [0.717, 1.165) is 12.8 Å². The third-order valence-electron chi connectivity index (χ3n) is 3.15. The summed E-state index contributed by atoms with van der Waals surface area (Å²) in [5, 5.41) is 0.785. The van der Waals surface area contributed by atoms with Crippen molar-refractivity contribution in [1.82, 2.24) is 4.31 Å². The molecule has 0 aromatic heterocycles. The molecule has 1 heterocycles. The number of nitrogens with zero attached hydrogens (tertiary/aromatic N) is 1. The van der Waals surface area contributed by atoms with Crippen molar-refractivity contribution in [2.24, 2.45) is 5.73 Å². The number of benzene rings is 1. The number of nitrogens with two attached hydrogens (primary N) is 1. The van der Waals surface area contributed by atoms with E-state index in [1.54, 1.807) is 18.2 Å². The first-order chi connectivity index (χ1) is 8.88. The molecule has 1 atom stereocenters. The topological polar surface area (TPSA) is 63.4 Å². The number of hydrogen-bond acceptors (Lipinski definition) is 3. The third kappa shape index (κ3) is 4.48. The first kappa shape index (κ1) is 18.0. The van der Waals surface area contributed by atoms with Crippen molar-refractivity contribution >= 4 is 45.6 Å². The van der Waals surface area contributed by atoms with Gasteiger partial charge < -0.3 is 5.73 Å². The Balaban J connectivity index is 0.00000200. The van der Waals surface area contributed by atoms with Crippen molar-refractivity contribution in [2.45, 2.75) is 24.6 Å². The molecule has 0 amide bonds. The molecule has 1 fully saturated rings. The highest BCUT2D eigenvalue weighted by atomic mass is 35.5. The van der Waals surface area contributed by atoms with Crippen LogP contribution < -0.4 is 5.73 Å². The van der Waals surface area contributed by atoms with Gasteiger partial charge in [-0.1, -0.05) is 29.3 Å². The highest BCUT2D eigenvalue weighted by Crippen LogP contribution is 2.24. The lowest BCUT2D eigenvalue weighted by Gasteiger charge is -2.29. The van der Waals surface area contributed by atoms with Gasteiger partial charge in [0.05, 0.1) is 15.8 Å². The molecule has 0 aliphatic carbocycles. The summed E-state index contributed by atoms with van der Waals surface area (Å²) in [5.74, 6) is -0.0728. The van der Waals surface area contributed by atoms with Crippen LogP contribution in [-0.2, 0) is 15.8 Å². The summed E-state index contributed by atoms with van der Waals surface area (Å²) in [5.41, 5.74) is 6.45. The molecular weight excluding hydrogens is 343 g/mol. The summed E-state index contributed by atoms with van der Waals surface area (Å²) in [7, 11) is -3.35. The Morgan fingerprint density at radius 1 is 1.30 bits per heavy atom. The molecular formula is C12H17Cl3N2O2S. The molecule has 0 bridgehead atoms. The van der Waals surface area contributed by atoms with Crippen LogP contribution in [0.2, 0.25) is 10.0 Å². The average molecular weight is 360 g/mol. The van der Waals surface area contributed by atoms with Gasteiger partial charge in [-0.2, -0.15) is 0 Å². The Morgan fingerprint density at radius 3 is 2.60 bits per heavy atom. The van der Waals surface area contributed by atoms with Crippen LogP contribution in [0.25, 0.3) is 0 Å². The summed E-state index contributed by atoms with van der Waals surface area (Å²) in [6.45, 7) is 0.932. The van der Waals surface area contributed by atoms with Crippen molar-refractivity contribution in [1.29, 1.82) is 0 Å². The quantitative estimate of drug-likeness (QED) is 0.902. The van der Waals surface area contributed by atoms with Crippen LogP contribution in [0.4, 0.5) is 0 Å². The van der Waals surface area contributed by atoms with E-state index in [2.05, 4.69) is 0 Å². The molecule has 1 aromatic carbocycles. The van der Waals surface area contributed by atoms with Gasteiger partial charge in [-0.15, -0.1) is 12.4 Å². The summed E-state index contributed by atoms with van der Waals surface area (Å²) >= 11 is 11.7. The molecule has 1 unspecified atom stereocenters. The molecule has 1 aliphatic rings. The molecule has 2 rings (SSSR count). The lowest BCUT2D eigenvalue weighted by molar-refractivity contribution is 0.316. The van der Waals surface area contributed by atoms with Crippen LogP contribution in [0.15, 0.2) is 18.2 Å². The van der Waals surface area contributed by atoms with Crippen molar-refractivity contribution in [3.63, 3.8) is 0 Å². The summed E-state index contributed by atoms with van der Waals surface area (Å²) in [6.07, 6.45) is 1.68. The van der Waals surface area contributed by atoms with Gasteiger partial charge >= 0.3 is 0 Å². The van der Waals surface area contributed by atoms with Gasteiger partial charge in [0.2, 0.25) is 10.0 Å². The van der Waals surface area contributed by atoms with E-state index < -0.39 is 10.0 Å². The molecule has 20 heavy (non-hydrogen) atoms. The van der Waals surface area contributed by atoms with Crippen molar-refractivity contribution in [3.8, 4) is 0 Å². The zero-order valence-electron chi connectivity index (χ0n) is 10.8. The highest BCUT2D eigenvalue weighted by Gasteiger charge is 2.27. The van der Waals surface area contributed by atoms with Gasteiger partial charge in [-0.3, -0.25) is 0 Å². The van der Waals surface area contributed by atoms with E-state index in [4.69, 9.17) is 28.9 Å². The third-order valence-corrected chi connectivity index (χ3v) is 5.70. The molecule has 8 heteroatoms. The zero-order chi connectivity index (χ0) is 14.0. The number of hydrogen-bond donors (Lipinski definition) is 1. The van der Waals surface area contributed by atoms with Crippen molar-refractivity contribution < 1.29 is 8.42 Å². The maximum atomic E-state index is 12.3. The Bertz CT molecular complexity index is 566. The Morgan fingerprint density at radius 2 is 2.00 bits per heavy atom. The molecule has 1 aromatic rings. The molecule has 114 valence electrons. The lowest BCUT2D eigenvalue weighted by atomic mass is 10.1.